The molecule has 1 fully saturated rings. The molecule has 2 aliphatic rings. The number of anilines is 4. The van der Waals surface area contributed by atoms with Crippen molar-refractivity contribution < 1.29 is 13.5 Å². The third-order valence-corrected chi connectivity index (χ3v) is 9.03. The molecule has 13 heteroatoms. The molecule has 3 aromatic rings. The van der Waals surface area contributed by atoms with Crippen molar-refractivity contribution in [1.82, 2.24) is 24.8 Å². The van der Waals surface area contributed by atoms with Crippen molar-refractivity contribution in [2.45, 2.75) is 44.8 Å². The molecular weight excluding hydrogens is 552 g/mol. The van der Waals surface area contributed by atoms with Crippen molar-refractivity contribution in [2.24, 2.45) is 5.92 Å². The smallest absolute Gasteiger partial charge is 0.233 e. The van der Waals surface area contributed by atoms with Gasteiger partial charge in [-0.05, 0) is 61.3 Å². The zero-order valence-corrected chi connectivity index (χ0v) is 24.3. The molecule has 2 aromatic heterocycles. The van der Waals surface area contributed by atoms with Crippen LogP contribution in [0.1, 0.15) is 36.1 Å². The van der Waals surface area contributed by atoms with E-state index in [1.165, 1.54) is 36.8 Å². The summed E-state index contributed by atoms with van der Waals surface area (Å²) in [5.41, 5.74) is 4.06. The number of halogens is 1. The molecule has 40 heavy (non-hydrogen) atoms. The van der Waals surface area contributed by atoms with Crippen molar-refractivity contribution in [1.29, 1.82) is 0 Å². The molecule has 0 amide bonds. The Morgan fingerprint density at radius 2 is 1.90 bits per heavy atom. The Labute approximate surface area is 240 Å². The second kappa shape index (κ2) is 12.2. The average molecular weight is 587 g/mol. The van der Waals surface area contributed by atoms with Gasteiger partial charge in [-0.3, -0.25) is 9.29 Å². The fourth-order valence-corrected chi connectivity index (χ4v) is 5.95. The molecule has 3 N–H and O–H groups in total. The second-order valence-electron chi connectivity index (χ2n) is 10.6. The first-order chi connectivity index (χ1) is 19.2. The normalized spacial score (nSPS) is 19.6. The van der Waals surface area contributed by atoms with E-state index in [1.807, 2.05) is 6.07 Å². The van der Waals surface area contributed by atoms with Crippen LogP contribution in [0.5, 0.6) is 0 Å². The van der Waals surface area contributed by atoms with E-state index in [4.69, 9.17) is 11.6 Å². The number of benzene rings is 1. The lowest BCUT2D eigenvalue weighted by Crippen LogP contribution is -2.28. The van der Waals surface area contributed by atoms with Gasteiger partial charge in [0.25, 0.3) is 0 Å². The van der Waals surface area contributed by atoms with Crippen LogP contribution in [0.4, 0.5) is 23.3 Å². The minimum absolute atomic E-state index is 0.162. The van der Waals surface area contributed by atoms with Crippen LogP contribution in [0.2, 0.25) is 5.02 Å². The van der Waals surface area contributed by atoms with E-state index in [1.54, 1.807) is 0 Å². The molecule has 0 spiro atoms. The Morgan fingerprint density at radius 3 is 2.65 bits per heavy atom. The monoisotopic (exact) mass is 586 g/mol. The first kappa shape index (κ1) is 28.5. The van der Waals surface area contributed by atoms with Gasteiger partial charge in [-0.25, -0.2) is 18.4 Å². The zero-order valence-electron chi connectivity index (χ0n) is 22.7. The van der Waals surface area contributed by atoms with Gasteiger partial charge in [-0.15, -0.1) is 0 Å². The molecular formula is C27H35ClN8O3S. The Hall–Kier alpha value is -3.06. The zero-order chi connectivity index (χ0) is 28.3. The number of β-amino-alcohol motifs (C(OH)–C–C–N with tert-alkyl or cyclic N) is 1. The van der Waals surface area contributed by atoms with Crippen LogP contribution in [-0.2, 0) is 29.4 Å². The van der Waals surface area contributed by atoms with Crippen LogP contribution in [0.15, 0.2) is 36.8 Å². The lowest BCUT2D eigenvalue weighted by molar-refractivity contribution is 0.168. The Bertz CT molecular complexity index is 1460. The van der Waals surface area contributed by atoms with E-state index < -0.39 is 10.0 Å². The second-order valence-corrected chi connectivity index (χ2v) is 13.0. The summed E-state index contributed by atoms with van der Waals surface area (Å²) in [5, 5.41) is 16.6. The number of sulfonamides is 1. The van der Waals surface area contributed by atoms with Gasteiger partial charge >= 0.3 is 0 Å². The number of aryl methyl sites for hydroxylation is 2. The highest BCUT2D eigenvalue weighted by Crippen LogP contribution is 2.30. The van der Waals surface area contributed by atoms with Gasteiger partial charge in [0.1, 0.15) is 10.7 Å². The molecule has 1 aliphatic heterocycles. The maximum Gasteiger partial charge on any atom is 0.233 e. The molecule has 5 rings (SSSR count). The molecule has 1 aromatic carbocycles. The molecule has 1 aliphatic carbocycles. The van der Waals surface area contributed by atoms with Crippen molar-refractivity contribution in [3.05, 3.63) is 58.6 Å². The van der Waals surface area contributed by atoms with Crippen molar-refractivity contribution in [3.63, 3.8) is 0 Å². The highest BCUT2D eigenvalue weighted by Gasteiger charge is 2.25. The van der Waals surface area contributed by atoms with Crippen LogP contribution in [0.25, 0.3) is 0 Å². The van der Waals surface area contributed by atoms with Gasteiger partial charge in [-0.2, -0.15) is 4.98 Å². The maximum atomic E-state index is 12.0. The largest absolute Gasteiger partial charge is 0.392 e. The van der Waals surface area contributed by atoms with E-state index in [0.717, 1.165) is 68.0 Å². The van der Waals surface area contributed by atoms with Gasteiger partial charge in [-0.1, -0.05) is 17.7 Å². The quantitative estimate of drug-likeness (QED) is 0.320. The predicted molar refractivity (Wildman–Crippen MR) is 157 cm³/mol. The molecule has 1 saturated heterocycles. The predicted octanol–water partition coefficient (Wildman–Crippen LogP) is 3.23. The first-order valence-electron chi connectivity index (χ1n) is 13.4. The molecule has 214 valence electrons. The number of aromatic nitrogens is 4. The first-order valence-corrected chi connectivity index (χ1v) is 15.7. The van der Waals surface area contributed by atoms with Crippen molar-refractivity contribution in [3.8, 4) is 0 Å². The van der Waals surface area contributed by atoms with Gasteiger partial charge in [0.05, 0.1) is 25.1 Å². The maximum absolute atomic E-state index is 12.0. The van der Waals surface area contributed by atoms with Crippen LogP contribution >= 0.6 is 11.6 Å². The molecule has 2 atom stereocenters. The van der Waals surface area contributed by atoms with E-state index in [2.05, 4.69) is 47.6 Å². The van der Waals surface area contributed by atoms with E-state index in [0.29, 0.717) is 28.4 Å². The fraction of sp³-hybridized carbons (Fsp3) is 0.481. The Kier molecular flexibility index (Phi) is 8.69. The van der Waals surface area contributed by atoms with E-state index in [-0.39, 0.29) is 18.5 Å². The number of nitrogens with one attached hydrogen (secondary N) is 2. The summed E-state index contributed by atoms with van der Waals surface area (Å²) in [6.45, 7) is 3.02. The minimum atomic E-state index is -3.50. The molecule has 3 heterocycles. The number of fused-ring (bicyclic) bond motifs is 1. The molecule has 0 saturated carbocycles. The summed E-state index contributed by atoms with van der Waals surface area (Å²) in [6.07, 6.45) is 10.7. The molecule has 0 bridgehead atoms. The van der Waals surface area contributed by atoms with Crippen LogP contribution in [0.3, 0.4) is 0 Å². The van der Waals surface area contributed by atoms with Crippen LogP contribution in [-0.4, -0.2) is 77.4 Å². The van der Waals surface area contributed by atoms with Gasteiger partial charge in [0.2, 0.25) is 16.0 Å². The van der Waals surface area contributed by atoms with Gasteiger partial charge < -0.3 is 20.6 Å². The third-order valence-electron chi connectivity index (χ3n) is 7.59. The summed E-state index contributed by atoms with van der Waals surface area (Å²) in [4.78, 5) is 19.7. The number of nitrogens with zero attached hydrogens (tertiary/aromatic N) is 6. The number of hydrogen-bond acceptors (Lipinski definition) is 10. The lowest BCUT2D eigenvalue weighted by Gasteiger charge is -2.22. The molecule has 0 unspecified atom stereocenters. The number of likely N-dealkylation sites (tertiary alicyclic amines) is 1. The number of aliphatic hydroxyl groups excluding tert-OH is 1. The summed E-state index contributed by atoms with van der Waals surface area (Å²) in [5.74, 6) is 1.64. The topological polar surface area (TPSA) is 136 Å². The number of rotatable bonds is 9. The standard InChI is InChI=1S/C27H35ClN8O3S/c1-35(40(2,38)39)26-24(29-10-11-30-26)15-31-25-23(28)14-32-27(34-25)33-21-8-7-19-5-3-18(4-6-20(19)13-21)16-36-12-9-22(37)17-36/h7-8,10-11,13-14,18,22,37H,3-6,9,12,15-17H2,1-2H3,(H2,31,32,33,34)/t18-,22+/m1/s1. The van der Waals surface area contributed by atoms with Gasteiger partial charge in [0, 0.05) is 44.8 Å². The lowest BCUT2D eigenvalue weighted by atomic mass is 9.99. The molecule has 0 radical (unpaired) electrons. The van der Waals surface area contributed by atoms with E-state index >= 15 is 0 Å². The van der Waals surface area contributed by atoms with Crippen molar-refractivity contribution in [2.75, 3.05) is 47.9 Å². The number of aliphatic hydroxyl groups is 1. The SMILES string of the molecule is CN(c1nccnc1CNc1nc(Nc2ccc3c(c2)CC[C@H](CN2CC[C@H](O)C2)CC3)ncc1Cl)S(C)(=O)=O. The Balaban J connectivity index is 1.24. The summed E-state index contributed by atoms with van der Waals surface area (Å²) < 4.78 is 25.1. The van der Waals surface area contributed by atoms with Gasteiger partial charge in [0.15, 0.2) is 11.6 Å². The highest BCUT2D eigenvalue weighted by molar-refractivity contribution is 7.92. The highest BCUT2D eigenvalue weighted by atomic mass is 35.5. The summed E-state index contributed by atoms with van der Waals surface area (Å²) >= 11 is 6.36. The van der Waals surface area contributed by atoms with Crippen LogP contribution in [0, 0.1) is 5.92 Å². The van der Waals surface area contributed by atoms with E-state index in [9.17, 15) is 13.5 Å². The number of hydrogen-bond donors (Lipinski definition) is 3. The summed E-state index contributed by atoms with van der Waals surface area (Å²) in [6, 6.07) is 6.41. The third kappa shape index (κ3) is 6.98. The van der Waals surface area contributed by atoms with Crippen molar-refractivity contribution >= 4 is 44.9 Å². The average Bonchev–Trinajstić information content (AvgIpc) is 3.23. The minimum Gasteiger partial charge on any atom is -0.392 e. The van der Waals surface area contributed by atoms with Crippen LogP contribution < -0.4 is 14.9 Å². The molecule has 11 nitrogen and oxygen atoms in total. The summed E-state index contributed by atoms with van der Waals surface area (Å²) in [7, 11) is -2.07. The fourth-order valence-electron chi connectivity index (χ4n) is 5.32. The Morgan fingerprint density at radius 1 is 1.12 bits per heavy atom.